The summed E-state index contributed by atoms with van der Waals surface area (Å²) in [4.78, 5) is 4.03. The normalized spacial score (nSPS) is 12.2. The van der Waals surface area contributed by atoms with E-state index in [1.807, 2.05) is 35.0 Å². The lowest BCUT2D eigenvalue weighted by molar-refractivity contribution is 0.0278. The molecule has 2 aromatic carbocycles. The average molecular weight is 395 g/mol. The Hall–Kier alpha value is -2.08. The molecule has 136 valence electrons. The van der Waals surface area contributed by atoms with Crippen molar-refractivity contribution in [2.75, 3.05) is 7.11 Å². The number of halogens is 3. The van der Waals surface area contributed by atoms with E-state index in [-0.39, 0.29) is 5.02 Å². The molecule has 0 spiro atoms. The van der Waals surface area contributed by atoms with Gasteiger partial charge in [-0.15, -0.1) is 0 Å². The highest BCUT2D eigenvalue weighted by atomic mass is 35.5. The maximum Gasteiger partial charge on any atom is 0.142 e. The van der Waals surface area contributed by atoms with Crippen LogP contribution in [0.2, 0.25) is 10.0 Å². The molecule has 0 aliphatic carbocycles. The van der Waals surface area contributed by atoms with Crippen molar-refractivity contribution < 1.29 is 13.9 Å². The van der Waals surface area contributed by atoms with E-state index in [0.717, 1.165) is 11.3 Å². The first kappa shape index (κ1) is 18.7. The van der Waals surface area contributed by atoms with E-state index in [1.54, 1.807) is 19.6 Å². The molecule has 26 heavy (non-hydrogen) atoms. The number of ether oxygens (including phenoxy) is 2. The van der Waals surface area contributed by atoms with Crippen LogP contribution in [0.15, 0.2) is 55.1 Å². The fourth-order valence-corrected chi connectivity index (χ4v) is 3.08. The fraction of sp³-hybridized carbons (Fsp3) is 0.211. The van der Waals surface area contributed by atoms with Gasteiger partial charge in [0, 0.05) is 23.0 Å². The van der Waals surface area contributed by atoms with Gasteiger partial charge in [-0.25, -0.2) is 9.37 Å². The molecule has 7 heteroatoms. The highest BCUT2D eigenvalue weighted by Crippen LogP contribution is 2.32. The van der Waals surface area contributed by atoms with E-state index in [4.69, 9.17) is 32.7 Å². The van der Waals surface area contributed by atoms with Crippen LogP contribution in [0.3, 0.4) is 0 Å². The fourth-order valence-electron chi connectivity index (χ4n) is 2.57. The van der Waals surface area contributed by atoms with Crippen LogP contribution >= 0.6 is 23.2 Å². The quantitative estimate of drug-likeness (QED) is 0.510. The van der Waals surface area contributed by atoms with Gasteiger partial charge >= 0.3 is 0 Å². The summed E-state index contributed by atoms with van der Waals surface area (Å²) < 4.78 is 27.1. The largest absolute Gasteiger partial charge is 0.497 e. The van der Waals surface area contributed by atoms with Crippen LogP contribution in [0, 0.1) is 5.82 Å². The summed E-state index contributed by atoms with van der Waals surface area (Å²) in [6.45, 7) is 0.752. The molecule has 4 nitrogen and oxygen atoms in total. The summed E-state index contributed by atoms with van der Waals surface area (Å²) in [5.74, 6) is 0.208. The molecule has 1 atom stereocenters. The van der Waals surface area contributed by atoms with Gasteiger partial charge < -0.3 is 14.0 Å². The van der Waals surface area contributed by atoms with Gasteiger partial charge in [0.25, 0.3) is 0 Å². The van der Waals surface area contributed by atoms with E-state index in [0.29, 0.717) is 23.7 Å². The molecule has 0 aliphatic heterocycles. The van der Waals surface area contributed by atoms with E-state index in [9.17, 15) is 4.39 Å². The van der Waals surface area contributed by atoms with E-state index in [2.05, 4.69) is 4.98 Å². The monoisotopic (exact) mass is 394 g/mol. The Balaban J connectivity index is 1.84. The number of rotatable bonds is 7. The Labute approximate surface area is 161 Å². The van der Waals surface area contributed by atoms with Crippen molar-refractivity contribution in [3.05, 3.63) is 82.1 Å². The maximum atomic E-state index is 14.0. The molecule has 0 bridgehead atoms. The zero-order valence-electron chi connectivity index (χ0n) is 14.0. The molecule has 0 N–H and O–H groups in total. The number of methoxy groups -OCH3 is 1. The first-order valence-corrected chi connectivity index (χ1v) is 8.67. The number of nitrogens with zero attached hydrogens (tertiary/aromatic N) is 2. The molecule has 0 saturated heterocycles. The van der Waals surface area contributed by atoms with Gasteiger partial charge in [0.05, 0.1) is 31.6 Å². The van der Waals surface area contributed by atoms with E-state index in [1.165, 1.54) is 12.1 Å². The molecule has 1 unspecified atom stereocenters. The summed E-state index contributed by atoms with van der Waals surface area (Å²) in [5.41, 5.74) is 1.47. The second-order valence-electron chi connectivity index (χ2n) is 5.70. The van der Waals surface area contributed by atoms with Gasteiger partial charge in [0.2, 0.25) is 0 Å². The highest BCUT2D eigenvalue weighted by Gasteiger charge is 2.19. The minimum Gasteiger partial charge on any atom is -0.497 e. The van der Waals surface area contributed by atoms with Gasteiger partial charge in [-0.3, -0.25) is 0 Å². The molecule has 0 fully saturated rings. The first-order valence-electron chi connectivity index (χ1n) is 7.91. The minimum absolute atomic E-state index is 0.0204. The minimum atomic E-state index is -0.535. The summed E-state index contributed by atoms with van der Waals surface area (Å²) in [6.07, 6.45) is 4.67. The van der Waals surface area contributed by atoms with Crippen LogP contribution in [-0.2, 0) is 17.9 Å². The lowest BCUT2D eigenvalue weighted by atomic mass is 10.1. The third kappa shape index (κ3) is 4.55. The third-order valence-electron chi connectivity index (χ3n) is 3.91. The van der Waals surface area contributed by atoms with Gasteiger partial charge in [-0.05, 0) is 29.8 Å². The SMILES string of the molecule is COc1cccc(COC(Cn2ccnc2)c2cc(F)c(Cl)cc2Cl)c1. The second-order valence-corrected chi connectivity index (χ2v) is 6.51. The second kappa shape index (κ2) is 8.54. The third-order valence-corrected chi connectivity index (χ3v) is 4.52. The first-order chi connectivity index (χ1) is 12.6. The molecule has 3 rings (SSSR count). The number of hydrogen-bond acceptors (Lipinski definition) is 3. The number of imidazole rings is 1. The van der Waals surface area contributed by atoms with Crippen LogP contribution < -0.4 is 4.74 Å². The Morgan fingerprint density at radius 1 is 1.19 bits per heavy atom. The molecular formula is C19H17Cl2FN2O2. The van der Waals surface area contributed by atoms with Crippen molar-refractivity contribution in [2.45, 2.75) is 19.3 Å². The van der Waals surface area contributed by atoms with Crippen LogP contribution in [0.25, 0.3) is 0 Å². The van der Waals surface area contributed by atoms with Crippen LogP contribution in [-0.4, -0.2) is 16.7 Å². The number of aromatic nitrogens is 2. The molecule has 1 aromatic heterocycles. The van der Waals surface area contributed by atoms with Crippen molar-refractivity contribution in [2.24, 2.45) is 0 Å². The van der Waals surface area contributed by atoms with Gasteiger partial charge in [-0.1, -0.05) is 35.3 Å². The summed E-state index contributed by atoms with van der Waals surface area (Å²) in [7, 11) is 1.61. The predicted molar refractivity (Wildman–Crippen MR) is 99.2 cm³/mol. The molecule has 3 aromatic rings. The molecule has 0 aliphatic rings. The maximum absolute atomic E-state index is 14.0. The summed E-state index contributed by atoms with van der Waals surface area (Å²) in [6, 6.07) is 10.3. The molecule has 0 radical (unpaired) electrons. The standard InChI is InChI=1S/C19H17Cl2FN2O2/c1-25-14-4-2-3-13(7-14)11-26-19(10-24-6-5-23-12-24)15-8-18(22)17(21)9-16(15)20/h2-9,12,19H,10-11H2,1H3. The summed E-state index contributed by atoms with van der Waals surface area (Å²) in [5, 5.41) is 0.333. The highest BCUT2D eigenvalue weighted by molar-refractivity contribution is 6.35. The molecule has 1 heterocycles. The number of benzene rings is 2. The topological polar surface area (TPSA) is 36.3 Å². The van der Waals surface area contributed by atoms with Crippen LogP contribution in [0.5, 0.6) is 5.75 Å². The van der Waals surface area contributed by atoms with Crippen molar-refractivity contribution >= 4 is 23.2 Å². The van der Waals surface area contributed by atoms with Crippen molar-refractivity contribution in [1.82, 2.24) is 9.55 Å². The zero-order chi connectivity index (χ0) is 18.5. The van der Waals surface area contributed by atoms with Crippen molar-refractivity contribution in [3.63, 3.8) is 0 Å². The van der Waals surface area contributed by atoms with Crippen molar-refractivity contribution in [1.29, 1.82) is 0 Å². The Morgan fingerprint density at radius 2 is 2.04 bits per heavy atom. The lowest BCUT2D eigenvalue weighted by Crippen LogP contribution is -2.13. The molecular weight excluding hydrogens is 378 g/mol. The van der Waals surface area contributed by atoms with Gasteiger partial charge in [0.1, 0.15) is 17.7 Å². The van der Waals surface area contributed by atoms with E-state index >= 15 is 0 Å². The Morgan fingerprint density at radius 3 is 2.77 bits per heavy atom. The van der Waals surface area contributed by atoms with E-state index < -0.39 is 11.9 Å². The van der Waals surface area contributed by atoms with Crippen LogP contribution in [0.4, 0.5) is 4.39 Å². The molecule has 0 saturated carbocycles. The zero-order valence-corrected chi connectivity index (χ0v) is 15.5. The Bertz CT molecular complexity index is 872. The average Bonchev–Trinajstić information content (AvgIpc) is 3.15. The number of hydrogen-bond donors (Lipinski definition) is 0. The smallest absolute Gasteiger partial charge is 0.142 e. The molecule has 0 amide bonds. The van der Waals surface area contributed by atoms with Crippen molar-refractivity contribution in [3.8, 4) is 5.75 Å². The van der Waals surface area contributed by atoms with Crippen LogP contribution in [0.1, 0.15) is 17.2 Å². The summed E-state index contributed by atoms with van der Waals surface area (Å²) >= 11 is 12.1. The predicted octanol–water partition coefficient (Wildman–Crippen LogP) is 5.30. The van der Waals surface area contributed by atoms with Gasteiger partial charge in [-0.2, -0.15) is 0 Å². The lowest BCUT2D eigenvalue weighted by Gasteiger charge is -2.21. The van der Waals surface area contributed by atoms with Gasteiger partial charge in [0.15, 0.2) is 0 Å². The Kier molecular flexibility index (Phi) is 6.14.